The Labute approximate surface area is 197 Å². The molecule has 3 nitrogen and oxygen atoms in total. The van der Waals surface area contributed by atoms with Gasteiger partial charge in [0, 0.05) is 52.2 Å². The second-order valence-corrected chi connectivity index (χ2v) is 7.47. The fraction of sp³-hybridized carbons (Fsp3) is 0.227. The van der Waals surface area contributed by atoms with Crippen molar-refractivity contribution in [3.63, 3.8) is 0 Å². The van der Waals surface area contributed by atoms with Crippen molar-refractivity contribution in [1.29, 1.82) is 0 Å². The van der Waals surface area contributed by atoms with Crippen molar-refractivity contribution >= 4 is 23.6 Å². The van der Waals surface area contributed by atoms with Gasteiger partial charge in [0.25, 0.3) is 0 Å². The third-order valence-corrected chi connectivity index (χ3v) is 4.58. The molecule has 0 saturated heterocycles. The standard InChI is InChI=1S/C22H21NO2S.Pr/c1-14(26)10-16-8-9-21-18(11-16)12-19(25-21)13-20-15(2)24-22(23-20)17-6-4-3-5-7-17;/h3-9,11-12,14,26H,10,13H2,1-2H3;/p-1. The molecule has 4 aromatic rings. The summed E-state index contributed by atoms with van der Waals surface area (Å²) in [4.78, 5) is 4.66. The van der Waals surface area contributed by atoms with Crippen LogP contribution in [-0.4, -0.2) is 10.2 Å². The van der Waals surface area contributed by atoms with Crippen LogP contribution in [0.25, 0.3) is 22.4 Å². The summed E-state index contributed by atoms with van der Waals surface area (Å²) in [5.41, 5.74) is 4.03. The van der Waals surface area contributed by atoms with Crippen molar-refractivity contribution in [3.05, 3.63) is 77.4 Å². The molecule has 0 bridgehead atoms. The molecule has 0 spiro atoms. The monoisotopic (exact) mass is 503 g/mol. The third-order valence-electron chi connectivity index (χ3n) is 4.41. The van der Waals surface area contributed by atoms with E-state index in [4.69, 9.17) is 21.5 Å². The molecule has 2 aromatic heterocycles. The van der Waals surface area contributed by atoms with Crippen LogP contribution in [0, 0.1) is 48.2 Å². The maximum atomic E-state index is 5.99. The van der Waals surface area contributed by atoms with Crippen molar-refractivity contribution in [2.24, 2.45) is 0 Å². The summed E-state index contributed by atoms with van der Waals surface area (Å²) in [6.45, 7) is 4.00. The van der Waals surface area contributed by atoms with Gasteiger partial charge in [-0.05, 0) is 49.2 Å². The zero-order valence-electron chi connectivity index (χ0n) is 15.4. The summed E-state index contributed by atoms with van der Waals surface area (Å²) in [6, 6.07) is 18.3. The number of rotatable bonds is 5. The van der Waals surface area contributed by atoms with Gasteiger partial charge >= 0.3 is 0 Å². The minimum Gasteiger partial charge on any atom is -0.789 e. The molecule has 27 heavy (non-hydrogen) atoms. The predicted molar refractivity (Wildman–Crippen MR) is 106 cm³/mol. The van der Waals surface area contributed by atoms with Crippen LogP contribution in [0.4, 0.5) is 0 Å². The number of hydrogen-bond acceptors (Lipinski definition) is 4. The minimum atomic E-state index is 0. The quantitative estimate of drug-likeness (QED) is 0.339. The number of oxazole rings is 1. The molecule has 0 aliphatic carbocycles. The smallest absolute Gasteiger partial charge is 0.226 e. The summed E-state index contributed by atoms with van der Waals surface area (Å²) >= 11 is 5.29. The number of aryl methyl sites for hydroxylation is 1. The molecule has 0 N–H and O–H groups in total. The van der Waals surface area contributed by atoms with E-state index in [0.717, 1.165) is 40.2 Å². The Morgan fingerprint density at radius 3 is 2.56 bits per heavy atom. The molecule has 0 saturated carbocycles. The van der Waals surface area contributed by atoms with Gasteiger partial charge in [-0.25, -0.2) is 4.98 Å². The zero-order valence-corrected chi connectivity index (χ0v) is 20.0. The maximum Gasteiger partial charge on any atom is 0.226 e. The van der Waals surface area contributed by atoms with Gasteiger partial charge in [-0.1, -0.05) is 31.2 Å². The Morgan fingerprint density at radius 2 is 1.81 bits per heavy atom. The van der Waals surface area contributed by atoms with E-state index in [-0.39, 0.29) is 46.5 Å². The molecule has 1 radical (unpaired) electrons. The SMILES string of the molecule is Cc1oc(-c2ccccc2)nc1Cc1cc2cc(CC(C)[S-])ccc2o1.[Pr]. The van der Waals surface area contributed by atoms with Gasteiger partial charge < -0.3 is 21.5 Å². The third kappa shape index (κ3) is 4.85. The predicted octanol–water partition coefficient (Wildman–Crippen LogP) is 5.46. The second-order valence-electron chi connectivity index (χ2n) is 6.66. The first-order valence-electron chi connectivity index (χ1n) is 8.77. The van der Waals surface area contributed by atoms with Gasteiger partial charge in [0.1, 0.15) is 17.1 Å². The summed E-state index contributed by atoms with van der Waals surface area (Å²) in [6.07, 6.45) is 1.51. The molecule has 2 heterocycles. The Hall–Kier alpha value is -1.10. The van der Waals surface area contributed by atoms with Crippen LogP contribution in [0.3, 0.4) is 0 Å². The van der Waals surface area contributed by atoms with Gasteiger partial charge in [0.05, 0.1) is 12.1 Å². The average Bonchev–Trinajstić information content (AvgIpc) is 3.18. The van der Waals surface area contributed by atoms with Crippen molar-refractivity contribution in [3.8, 4) is 11.5 Å². The number of furan rings is 1. The van der Waals surface area contributed by atoms with Gasteiger partial charge in [-0.3, -0.25) is 0 Å². The van der Waals surface area contributed by atoms with Gasteiger partial charge in [0.15, 0.2) is 0 Å². The Balaban J connectivity index is 0.00000210. The number of aromatic nitrogens is 1. The molecular formula is C22H20NO2PrS-. The molecule has 2 aromatic carbocycles. The first-order chi connectivity index (χ1) is 12.6. The van der Waals surface area contributed by atoms with Crippen LogP contribution in [-0.2, 0) is 25.5 Å². The topological polar surface area (TPSA) is 39.2 Å². The van der Waals surface area contributed by atoms with E-state index in [1.165, 1.54) is 5.56 Å². The molecule has 5 heteroatoms. The van der Waals surface area contributed by atoms with Gasteiger partial charge in [0.2, 0.25) is 5.89 Å². The molecule has 1 unspecified atom stereocenters. The first-order valence-corrected chi connectivity index (χ1v) is 9.24. The molecule has 0 fully saturated rings. The average molecular weight is 503 g/mol. The Kier molecular flexibility index (Phi) is 6.83. The van der Waals surface area contributed by atoms with Crippen molar-refractivity contribution in [1.82, 2.24) is 4.98 Å². The van der Waals surface area contributed by atoms with Crippen LogP contribution in [0.2, 0.25) is 0 Å². The minimum absolute atomic E-state index is 0. The molecule has 0 aliphatic heterocycles. The van der Waals surface area contributed by atoms with E-state index in [1.54, 1.807) is 0 Å². The number of nitrogens with zero attached hydrogens (tertiary/aromatic N) is 1. The van der Waals surface area contributed by atoms with E-state index < -0.39 is 0 Å². The van der Waals surface area contributed by atoms with Crippen molar-refractivity contribution in [2.75, 3.05) is 0 Å². The molecule has 0 aliphatic rings. The number of fused-ring (bicyclic) bond motifs is 1. The van der Waals surface area contributed by atoms with Crippen LogP contribution < -0.4 is 0 Å². The fourth-order valence-corrected chi connectivity index (χ4v) is 3.35. The van der Waals surface area contributed by atoms with Crippen molar-refractivity contribution in [2.45, 2.75) is 31.9 Å². The number of hydrogen-bond donors (Lipinski definition) is 0. The molecular weight excluding hydrogens is 483 g/mol. The molecule has 0 amide bonds. The van der Waals surface area contributed by atoms with E-state index in [1.807, 2.05) is 43.3 Å². The molecule has 1 atom stereocenters. The number of benzene rings is 2. The van der Waals surface area contributed by atoms with Gasteiger partial charge in [-0.15, -0.1) is 0 Å². The summed E-state index contributed by atoms with van der Waals surface area (Å²) in [7, 11) is 0. The molecule has 4 rings (SSSR count). The van der Waals surface area contributed by atoms with E-state index in [9.17, 15) is 0 Å². The fourth-order valence-electron chi connectivity index (χ4n) is 3.16. The van der Waals surface area contributed by atoms with Crippen LogP contribution in [0.5, 0.6) is 0 Å². The Morgan fingerprint density at radius 1 is 1.04 bits per heavy atom. The summed E-state index contributed by atoms with van der Waals surface area (Å²) < 4.78 is 11.8. The Bertz CT molecular complexity index is 1040. The van der Waals surface area contributed by atoms with Crippen LogP contribution in [0.15, 0.2) is 63.4 Å². The van der Waals surface area contributed by atoms with Crippen molar-refractivity contribution < 1.29 is 50.1 Å². The maximum absolute atomic E-state index is 5.99. The van der Waals surface area contributed by atoms with E-state index in [0.29, 0.717) is 12.3 Å². The normalized spacial score (nSPS) is 12.1. The first kappa shape index (κ1) is 20.6. The zero-order chi connectivity index (χ0) is 18.1. The summed E-state index contributed by atoms with van der Waals surface area (Å²) in [5.74, 6) is 2.36. The van der Waals surface area contributed by atoms with E-state index in [2.05, 4.69) is 30.1 Å². The molecule has 135 valence electrons. The van der Waals surface area contributed by atoms with Crippen LogP contribution in [0.1, 0.15) is 29.7 Å². The second kappa shape index (κ2) is 8.94. The largest absolute Gasteiger partial charge is 0.789 e. The van der Waals surface area contributed by atoms with E-state index >= 15 is 0 Å². The van der Waals surface area contributed by atoms with Gasteiger partial charge in [-0.2, -0.15) is 5.25 Å². The van der Waals surface area contributed by atoms with Crippen LogP contribution >= 0.6 is 0 Å². The summed E-state index contributed by atoms with van der Waals surface area (Å²) in [5, 5.41) is 1.34.